The van der Waals surface area contributed by atoms with Crippen molar-refractivity contribution in [3.05, 3.63) is 22.7 Å². The van der Waals surface area contributed by atoms with Crippen molar-refractivity contribution >= 4 is 27.4 Å². The van der Waals surface area contributed by atoms with Crippen LogP contribution in [0.2, 0.25) is 0 Å². The average molecular weight is 347 g/mol. The van der Waals surface area contributed by atoms with Crippen molar-refractivity contribution in [2.24, 2.45) is 0 Å². The molecule has 2 rings (SSSR count). The van der Waals surface area contributed by atoms with Gasteiger partial charge >= 0.3 is 0 Å². The fraction of sp³-hybridized carbons (Fsp3) is 0.538. The Kier molecular flexibility index (Phi) is 4.91. The zero-order chi connectivity index (χ0) is 14.7. The minimum absolute atomic E-state index is 0.234. The molecule has 20 heavy (non-hydrogen) atoms. The lowest BCUT2D eigenvalue weighted by Crippen LogP contribution is -2.31. The van der Waals surface area contributed by atoms with Gasteiger partial charge < -0.3 is 5.32 Å². The predicted octanol–water partition coefficient (Wildman–Crippen LogP) is 3.96. The highest BCUT2D eigenvalue weighted by Crippen LogP contribution is 2.20. The van der Waals surface area contributed by atoms with Gasteiger partial charge in [0.25, 0.3) is 0 Å². The Hall–Kier alpha value is -1.24. The lowest BCUT2D eigenvalue weighted by Gasteiger charge is -2.21. The topological polar surface area (TPSA) is 42.2 Å². The maximum atomic E-state index is 13.9. The first-order chi connectivity index (χ1) is 9.56. The van der Waals surface area contributed by atoms with Gasteiger partial charge in [-0.15, -0.1) is 5.10 Å². The SMILES string of the molecule is CCC[C@@H](Nc1ncc2cc(F)c(Br)n2n1)[C@H](F)CC. The van der Waals surface area contributed by atoms with Crippen molar-refractivity contribution in [3.63, 3.8) is 0 Å². The summed E-state index contributed by atoms with van der Waals surface area (Å²) in [6.45, 7) is 3.80. The minimum Gasteiger partial charge on any atom is -0.347 e. The Bertz CT molecular complexity index is 587. The van der Waals surface area contributed by atoms with Crippen LogP contribution >= 0.6 is 15.9 Å². The Balaban J connectivity index is 2.25. The number of aromatic nitrogens is 3. The molecule has 1 N–H and O–H groups in total. The monoisotopic (exact) mass is 346 g/mol. The lowest BCUT2D eigenvalue weighted by atomic mass is 10.1. The van der Waals surface area contributed by atoms with Crippen LogP contribution in [-0.4, -0.2) is 26.8 Å². The molecule has 0 aliphatic heterocycles. The normalized spacial score (nSPS) is 14.4. The molecule has 0 saturated heterocycles. The van der Waals surface area contributed by atoms with Gasteiger partial charge in [-0.3, -0.25) is 0 Å². The van der Waals surface area contributed by atoms with E-state index in [1.54, 1.807) is 6.92 Å². The Morgan fingerprint density at radius 2 is 2.20 bits per heavy atom. The van der Waals surface area contributed by atoms with E-state index >= 15 is 0 Å². The highest BCUT2D eigenvalue weighted by atomic mass is 79.9. The van der Waals surface area contributed by atoms with Crippen molar-refractivity contribution in [2.45, 2.75) is 45.3 Å². The highest BCUT2D eigenvalue weighted by Gasteiger charge is 2.20. The van der Waals surface area contributed by atoms with E-state index in [0.717, 1.165) is 6.42 Å². The van der Waals surface area contributed by atoms with E-state index in [4.69, 9.17) is 0 Å². The van der Waals surface area contributed by atoms with Gasteiger partial charge in [0, 0.05) is 6.07 Å². The molecule has 0 aliphatic carbocycles. The van der Waals surface area contributed by atoms with Crippen LogP contribution < -0.4 is 5.32 Å². The molecule has 0 saturated carbocycles. The van der Waals surface area contributed by atoms with Gasteiger partial charge in [0.1, 0.15) is 10.8 Å². The standard InChI is InChI=1S/C13H17BrF2N4/c1-3-5-11(9(15)4-2)18-13-17-7-8-6-10(16)12(14)20(8)19-13/h6-7,9,11H,3-5H2,1-2H3,(H,18,19)/t9-,11-/m1/s1. The van der Waals surface area contributed by atoms with Crippen LogP contribution in [-0.2, 0) is 0 Å². The van der Waals surface area contributed by atoms with E-state index in [9.17, 15) is 8.78 Å². The number of fused-ring (bicyclic) bond motifs is 1. The molecule has 0 aromatic carbocycles. The van der Waals surface area contributed by atoms with Crippen LogP contribution in [0.3, 0.4) is 0 Å². The Morgan fingerprint density at radius 3 is 2.85 bits per heavy atom. The molecular formula is C13H17BrF2N4. The summed E-state index contributed by atoms with van der Waals surface area (Å²) in [4.78, 5) is 4.10. The number of halogens is 3. The largest absolute Gasteiger partial charge is 0.347 e. The molecule has 7 heteroatoms. The maximum absolute atomic E-state index is 13.9. The molecule has 4 nitrogen and oxygen atoms in total. The fourth-order valence-corrected chi connectivity index (χ4v) is 2.48. The zero-order valence-corrected chi connectivity index (χ0v) is 13.0. The number of alkyl halides is 1. The van der Waals surface area contributed by atoms with Crippen LogP contribution in [0.5, 0.6) is 0 Å². The average Bonchev–Trinajstić information content (AvgIpc) is 2.73. The molecule has 110 valence electrons. The lowest BCUT2D eigenvalue weighted by molar-refractivity contribution is 0.275. The van der Waals surface area contributed by atoms with Gasteiger partial charge in [-0.25, -0.2) is 18.3 Å². The summed E-state index contributed by atoms with van der Waals surface area (Å²) in [5.41, 5.74) is 0.541. The fourth-order valence-electron chi connectivity index (χ4n) is 2.08. The van der Waals surface area contributed by atoms with Crippen molar-refractivity contribution in [1.29, 1.82) is 0 Å². The van der Waals surface area contributed by atoms with Crippen molar-refractivity contribution in [1.82, 2.24) is 14.6 Å². The van der Waals surface area contributed by atoms with Gasteiger partial charge in [0.05, 0.1) is 17.8 Å². The van der Waals surface area contributed by atoms with Gasteiger partial charge in [0.15, 0.2) is 5.82 Å². The van der Waals surface area contributed by atoms with Crippen molar-refractivity contribution in [2.75, 3.05) is 5.32 Å². The molecule has 2 aromatic heterocycles. The summed E-state index contributed by atoms with van der Waals surface area (Å²) in [6.07, 6.45) is 2.53. The van der Waals surface area contributed by atoms with E-state index in [-0.39, 0.29) is 10.6 Å². The molecule has 0 amide bonds. The van der Waals surface area contributed by atoms with Crippen molar-refractivity contribution in [3.8, 4) is 0 Å². The Morgan fingerprint density at radius 1 is 1.45 bits per heavy atom. The minimum atomic E-state index is -0.959. The molecule has 0 bridgehead atoms. The molecule has 2 heterocycles. The van der Waals surface area contributed by atoms with E-state index in [1.165, 1.54) is 16.8 Å². The molecule has 0 unspecified atom stereocenters. The van der Waals surface area contributed by atoms with Crippen LogP contribution in [0.15, 0.2) is 16.9 Å². The van der Waals surface area contributed by atoms with Crippen LogP contribution in [0, 0.1) is 5.82 Å². The second-order valence-corrected chi connectivity index (χ2v) is 5.42. The predicted molar refractivity (Wildman–Crippen MR) is 78.2 cm³/mol. The third-order valence-corrected chi connectivity index (χ3v) is 3.87. The first-order valence-electron chi connectivity index (χ1n) is 6.67. The highest BCUT2D eigenvalue weighted by molar-refractivity contribution is 9.10. The molecule has 0 aliphatic rings. The maximum Gasteiger partial charge on any atom is 0.241 e. The summed E-state index contributed by atoms with van der Waals surface area (Å²) < 4.78 is 28.9. The van der Waals surface area contributed by atoms with Crippen LogP contribution in [0.25, 0.3) is 5.52 Å². The zero-order valence-electron chi connectivity index (χ0n) is 11.4. The summed E-state index contributed by atoms with van der Waals surface area (Å²) in [5.74, 6) is -0.109. The number of nitrogens with one attached hydrogen (secondary N) is 1. The second kappa shape index (κ2) is 6.47. The number of hydrogen-bond acceptors (Lipinski definition) is 3. The number of rotatable bonds is 6. The molecule has 2 aromatic rings. The quantitative estimate of drug-likeness (QED) is 0.860. The van der Waals surface area contributed by atoms with E-state index in [0.29, 0.717) is 24.3 Å². The first kappa shape index (κ1) is 15.2. The summed E-state index contributed by atoms with van der Waals surface area (Å²) in [6, 6.07) is 1.00. The summed E-state index contributed by atoms with van der Waals surface area (Å²) in [5, 5.41) is 7.17. The molecule has 0 radical (unpaired) electrons. The van der Waals surface area contributed by atoms with Crippen LogP contribution in [0.1, 0.15) is 33.1 Å². The van der Waals surface area contributed by atoms with Gasteiger partial charge in [0.2, 0.25) is 5.95 Å². The number of nitrogens with zero attached hydrogens (tertiary/aromatic N) is 3. The van der Waals surface area contributed by atoms with Crippen molar-refractivity contribution < 1.29 is 8.78 Å². The number of anilines is 1. The molecule has 0 spiro atoms. The van der Waals surface area contributed by atoms with Gasteiger partial charge in [-0.1, -0.05) is 20.3 Å². The first-order valence-corrected chi connectivity index (χ1v) is 7.46. The third-order valence-electron chi connectivity index (χ3n) is 3.16. The Labute approximate surface area is 124 Å². The van der Waals surface area contributed by atoms with E-state index < -0.39 is 12.0 Å². The van der Waals surface area contributed by atoms with Gasteiger partial charge in [-0.2, -0.15) is 0 Å². The number of hydrogen-bond donors (Lipinski definition) is 1. The molecular weight excluding hydrogens is 330 g/mol. The molecule has 0 fully saturated rings. The smallest absolute Gasteiger partial charge is 0.241 e. The summed E-state index contributed by atoms with van der Waals surface area (Å²) in [7, 11) is 0. The van der Waals surface area contributed by atoms with E-state index in [1.807, 2.05) is 6.92 Å². The second-order valence-electron chi connectivity index (χ2n) is 4.67. The van der Waals surface area contributed by atoms with Gasteiger partial charge in [-0.05, 0) is 28.8 Å². The molecule has 2 atom stereocenters. The van der Waals surface area contributed by atoms with Crippen LogP contribution in [0.4, 0.5) is 14.7 Å². The third kappa shape index (κ3) is 3.08. The summed E-state index contributed by atoms with van der Waals surface area (Å²) >= 11 is 3.12. The van der Waals surface area contributed by atoms with E-state index in [2.05, 4.69) is 31.3 Å².